The number of ether oxygens (including phenoxy) is 1. The van der Waals surface area contributed by atoms with Crippen LogP contribution in [0.3, 0.4) is 0 Å². The Morgan fingerprint density at radius 2 is 1.90 bits per heavy atom. The van der Waals surface area contributed by atoms with Gasteiger partial charge in [0.05, 0.1) is 0 Å². The molecule has 0 aromatic heterocycles. The second kappa shape index (κ2) is 3.05. The number of alkyl halides is 4. The molecule has 2 nitrogen and oxygen atoms in total. The third kappa shape index (κ3) is 3.49. The summed E-state index contributed by atoms with van der Waals surface area (Å²) in [6, 6.07) is 0. The summed E-state index contributed by atoms with van der Waals surface area (Å²) in [6.07, 6.45) is -8.85. The van der Waals surface area contributed by atoms with Crippen LogP contribution in [0.1, 0.15) is 0 Å². The molecule has 0 rings (SSSR count). The molecule has 0 spiro atoms. The van der Waals surface area contributed by atoms with Gasteiger partial charge in [0, 0.05) is 11.6 Å². The highest BCUT2D eigenvalue weighted by molar-refractivity contribution is 6.61. The first-order chi connectivity index (χ1) is 4.34. The largest absolute Gasteiger partial charge is 0.457 e. The average molecular weight is 180 g/mol. The summed E-state index contributed by atoms with van der Waals surface area (Å²) in [5, 5.41) is 0. The van der Waals surface area contributed by atoms with Gasteiger partial charge in [0.25, 0.3) is 0 Å². The number of carbonyl (C=O) groups excluding carboxylic acids is 1. The molecule has 0 saturated carbocycles. The molecule has 0 aliphatic rings. The normalized spacial score (nSPS) is 14.5. The van der Waals surface area contributed by atoms with Gasteiger partial charge in [0.15, 0.2) is 0 Å². The maximum atomic E-state index is 11.5. The summed E-state index contributed by atoms with van der Waals surface area (Å²) < 4.78 is 47.8. The topological polar surface area (TPSA) is 26.3 Å². The van der Waals surface area contributed by atoms with Crippen molar-refractivity contribution in [2.75, 3.05) is 0 Å². The van der Waals surface area contributed by atoms with E-state index in [0.29, 0.717) is 0 Å². The third-order valence-electron chi connectivity index (χ3n) is 0.453. The van der Waals surface area contributed by atoms with Crippen LogP contribution in [-0.2, 0) is 4.74 Å². The summed E-state index contributed by atoms with van der Waals surface area (Å²) in [7, 11) is 0. The fraction of sp³-hybridized carbons (Fsp3) is 0.667. The number of carbonyl (C=O) groups is 1. The molecule has 0 aliphatic carbocycles. The minimum Gasteiger partial charge on any atom is -0.409 e. The summed E-state index contributed by atoms with van der Waals surface area (Å²) in [4.78, 5) is 9.50. The van der Waals surface area contributed by atoms with Gasteiger partial charge in [-0.2, -0.15) is 17.6 Å². The summed E-state index contributed by atoms with van der Waals surface area (Å²) in [5.74, 6) is 0. The standard InChI is InChI=1S/C3HClF4O2/c4-2(9)10-1(5)3(6,7)8/h1H. The van der Waals surface area contributed by atoms with Crippen molar-refractivity contribution < 1.29 is 27.1 Å². The van der Waals surface area contributed by atoms with E-state index in [9.17, 15) is 22.4 Å². The van der Waals surface area contributed by atoms with Crippen LogP contribution in [0.25, 0.3) is 0 Å². The Bertz CT molecular complexity index is 133. The van der Waals surface area contributed by atoms with Gasteiger partial charge >= 0.3 is 18.0 Å². The lowest BCUT2D eigenvalue weighted by atomic mass is 10.7. The molecular weight excluding hydrogens is 179 g/mol. The summed E-state index contributed by atoms with van der Waals surface area (Å²) in [5.41, 5.74) is -1.83. The number of hydrogen-bond donors (Lipinski definition) is 0. The van der Waals surface area contributed by atoms with Crippen molar-refractivity contribution in [3.8, 4) is 0 Å². The van der Waals surface area contributed by atoms with Crippen molar-refractivity contribution in [3.63, 3.8) is 0 Å². The molecule has 0 aromatic carbocycles. The molecule has 10 heavy (non-hydrogen) atoms. The minimum atomic E-state index is -5.20. The van der Waals surface area contributed by atoms with Crippen LogP contribution in [-0.4, -0.2) is 18.0 Å². The van der Waals surface area contributed by atoms with Gasteiger partial charge in [-0.25, -0.2) is 4.79 Å². The van der Waals surface area contributed by atoms with Gasteiger partial charge in [-0.05, 0) is 0 Å². The van der Waals surface area contributed by atoms with Crippen molar-refractivity contribution in [1.29, 1.82) is 0 Å². The molecule has 0 bridgehead atoms. The zero-order chi connectivity index (χ0) is 8.36. The van der Waals surface area contributed by atoms with E-state index in [1.165, 1.54) is 0 Å². The highest BCUT2D eigenvalue weighted by atomic mass is 35.5. The van der Waals surface area contributed by atoms with E-state index in [1.807, 2.05) is 0 Å². The fourth-order valence-corrected chi connectivity index (χ4v) is 0.226. The second-order valence-electron chi connectivity index (χ2n) is 1.21. The van der Waals surface area contributed by atoms with Crippen LogP contribution in [0.15, 0.2) is 0 Å². The Kier molecular flexibility index (Phi) is 2.89. The number of rotatable bonds is 1. The smallest absolute Gasteiger partial charge is 0.409 e. The Hall–Kier alpha value is -0.520. The Morgan fingerprint density at radius 3 is 2.00 bits per heavy atom. The summed E-state index contributed by atoms with van der Waals surface area (Å²) >= 11 is 4.28. The Labute approximate surface area is 57.7 Å². The predicted molar refractivity (Wildman–Crippen MR) is 23.3 cm³/mol. The first-order valence-electron chi connectivity index (χ1n) is 1.91. The zero-order valence-corrected chi connectivity index (χ0v) is 5.04. The van der Waals surface area contributed by atoms with E-state index in [2.05, 4.69) is 16.3 Å². The highest BCUT2D eigenvalue weighted by Crippen LogP contribution is 2.24. The second-order valence-corrected chi connectivity index (χ2v) is 1.52. The number of halogens is 5. The van der Waals surface area contributed by atoms with Crippen molar-refractivity contribution in [2.24, 2.45) is 0 Å². The minimum absolute atomic E-state index is 1.83. The van der Waals surface area contributed by atoms with E-state index >= 15 is 0 Å². The Balaban J connectivity index is 3.85. The van der Waals surface area contributed by atoms with Gasteiger partial charge in [-0.1, -0.05) is 0 Å². The van der Waals surface area contributed by atoms with Crippen LogP contribution in [0.2, 0.25) is 0 Å². The molecule has 1 atom stereocenters. The maximum absolute atomic E-state index is 11.5. The quantitative estimate of drug-likeness (QED) is 0.457. The monoisotopic (exact) mass is 180 g/mol. The van der Waals surface area contributed by atoms with Crippen LogP contribution in [0, 0.1) is 0 Å². The van der Waals surface area contributed by atoms with Crippen LogP contribution in [0.4, 0.5) is 22.4 Å². The maximum Gasteiger partial charge on any atom is 0.457 e. The molecule has 1 unspecified atom stereocenters. The van der Waals surface area contributed by atoms with Gasteiger partial charge in [0.2, 0.25) is 0 Å². The molecule has 0 fully saturated rings. The van der Waals surface area contributed by atoms with Gasteiger partial charge in [-0.3, -0.25) is 0 Å². The first-order valence-corrected chi connectivity index (χ1v) is 2.28. The van der Waals surface area contributed by atoms with Crippen molar-refractivity contribution >= 4 is 17.0 Å². The van der Waals surface area contributed by atoms with Crippen molar-refractivity contribution in [2.45, 2.75) is 12.5 Å². The van der Waals surface area contributed by atoms with Crippen molar-refractivity contribution in [3.05, 3.63) is 0 Å². The highest BCUT2D eigenvalue weighted by Gasteiger charge is 2.43. The van der Waals surface area contributed by atoms with E-state index in [-0.39, 0.29) is 0 Å². The molecule has 0 aliphatic heterocycles. The Morgan fingerprint density at radius 1 is 1.50 bits per heavy atom. The van der Waals surface area contributed by atoms with Gasteiger partial charge in [0.1, 0.15) is 0 Å². The zero-order valence-electron chi connectivity index (χ0n) is 4.28. The molecule has 0 amide bonds. The molecule has 0 saturated heterocycles. The van der Waals surface area contributed by atoms with Crippen LogP contribution in [0.5, 0.6) is 0 Å². The fourth-order valence-electron chi connectivity index (χ4n) is 0.148. The molecule has 0 aromatic rings. The summed E-state index contributed by atoms with van der Waals surface area (Å²) in [6.45, 7) is 0. The van der Waals surface area contributed by atoms with Crippen LogP contribution >= 0.6 is 11.6 Å². The van der Waals surface area contributed by atoms with E-state index in [4.69, 9.17) is 0 Å². The third-order valence-corrected chi connectivity index (χ3v) is 0.543. The van der Waals surface area contributed by atoms with Crippen LogP contribution < -0.4 is 0 Å². The lowest BCUT2D eigenvalue weighted by Crippen LogP contribution is -2.27. The lowest BCUT2D eigenvalue weighted by Gasteiger charge is -2.09. The van der Waals surface area contributed by atoms with Crippen molar-refractivity contribution in [1.82, 2.24) is 0 Å². The van der Waals surface area contributed by atoms with E-state index in [0.717, 1.165) is 0 Å². The number of hydrogen-bond acceptors (Lipinski definition) is 2. The molecule has 0 radical (unpaired) electrons. The van der Waals surface area contributed by atoms with E-state index in [1.54, 1.807) is 0 Å². The predicted octanol–water partition coefficient (Wildman–Crippen LogP) is 2.22. The SMILES string of the molecule is O=C(Cl)OC(F)C(F)(F)F. The molecule has 60 valence electrons. The first kappa shape index (κ1) is 9.48. The van der Waals surface area contributed by atoms with Gasteiger partial charge < -0.3 is 4.74 Å². The van der Waals surface area contributed by atoms with E-state index < -0.39 is 18.0 Å². The van der Waals surface area contributed by atoms with Gasteiger partial charge in [-0.15, -0.1) is 0 Å². The lowest BCUT2D eigenvalue weighted by molar-refractivity contribution is -0.243. The average Bonchev–Trinajstić information content (AvgIpc) is 1.60. The molecule has 0 N–H and O–H groups in total. The molecule has 7 heteroatoms. The molecular formula is C3HClF4O2. The molecule has 0 heterocycles.